The molecule has 1 amide bonds. The van der Waals surface area contributed by atoms with E-state index >= 15 is 0 Å². The largest absolute Gasteiger partial charge is 0.496 e. The molecule has 1 atom stereocenters. The Labute approximate surface area is 171 Å². The Kier molecular flexibility index (Phi) is 6.97. The van der Waals surface area contributed by atoms with Crippen LogP contribution < -0.4 is 23.8 Å². The molecule has 0 heterocycles. The summed E-state index contributed by atoms with van der Waals surface area (Å²) in [5, 5.41) is 2.89. The second kappa shape index (κ2) is 9.04. The molecule has 0 aliphatic heterocycles. The molecule has 2 aromatic carbocycles. The Morgan fingerprint density at radius 1 is 1.00 bits per heavy atom. The van der Waals surface area contributed by atoms with Gasteiger partial charge in [-0.3, -0.25) is 9.10 Å². The first-order valence-electron chi connectivity index (χ1n) is 8.77. The molecular weight excluding hydrogens is 396 g/mol. The molecule has 29 heavy (non-hydrogen) atoms. The van der Waals surface area contributed by atoms with Gasteiger partial charge in [0.2, 0.25) is 10.0 Å². The normalized spacial score (nSPS) is 12.1. The van der Waals surface area contributed by atoms with Gasteiger partial charge in [-0.05, 0) is 19.1 Å². The van der Waals surface area contributed by atoms with E-state index in [0.29, 0.717) is 17.2 Å². The Morgan fingerprint density at radius 3 is 2.10 bits per heavy atom. The predicted molar refractivity (Wildman–Crippen MR) is 112 cm³/mol. The van der Waals surface area contributed by atoms with E-state index in [1.807, 2.05) is 25.1 Å². The van der Waals surface area contributed by atoms with Crippen LogP contribution in [0.3, 0.4) is 0 Å². The van der Waals surface area contributed by atoms with Crippen molar-refractivity contribution in [2.45, 2.75) is 13.0 Å². The summed E-state index contributed by atoms with van der Waals surface area (Å²) in [6, 6.07) is 9.87. The van der Waals surface area contributed by atoms with E-state index in [4.69, 9.17) is 14.2 Å². The fraction of sp³-hybridized carbons (Fsp3) is 0.350. The number of rotatable bonds is 8. The molecule has 0 bridgehead atoms. The minimum Gasteiger partial charge on any atom is -0.496 e. The Bertz CT molecular complexity index is 990. The third-order valence-electron chi connectivity index (χ3n) is 4.54. The van der Waals surface area contributed by atoms with Crippen molar-refractivity contribution in [1.29, 1.82) is 0 Å². The summed E-state index contributed by atoms with van der Waals surface area (Å²) in [5.74, 6) is 0.802. The van der Waals surface area contributed by atoms with Gasteiger partial charge in [-0.15, -0.1) is 0 Å². The SMILES string of the molecule is COc1cc(C(=O)N[C@H](C)c2ccccc2OC)c(N(C)S(C)(=O)=O)cc1OC. The summed E-state index contributed by atoms with van der Waals surface area (Å²) in [4.78, 5) is 13.1. The zero-order valence-corrected chi connectivity index (χ0v) is 18.2. The lowest BCUT2D eigenvalue weighted by Gasteiger charge is -2.23. The molecule has 0 aliphatic carbocycles. The van der Waals surface area contributed by atoms with Gasteiger partial charge in [0.1, 0.15) is 5.75 Å². The second-order valence-electron chi connectivity index (χ2n) is 6.39. The fourth-order valence-electron chi connectivity index (χ4n) is 2.87. The van der Waals surface area contributed by atoms with Crippen LogP contribution in [0.1, 0.15) is 28.9 Å². The molecule has 2 rings (SSSR count). The summed E-state index contributed by atoms with van der Waals surface area (Å²) in [7, 11) is 2.20. The van der Waals surface area contributed by atoms with E-state index in [9.17, 15) is 13.2 Å². The Balaban J connectivity index is 2.49. The molecule has 0 fully saturated rings. The summed E-state index contributed by atoms with van der Waals surface area (Å²) in [6.07, 6.45) is 1.06. The standard InChI is InChI=1S/C20H26N2O6S/c1-13(14-9-7-8-10-17(14)26-3)21-20(23)15-11-18(27-4)19(28-5)12-16(15)22(2)29(6,24)25/h7-13H,1-6H3,(H,21,23)/t13-/m1/s1. The van der Waals surface area contributed by atoms with Crippen LogP contribution in [0.5, 0.6) is 17.2 Å². The monoisotopic (exact) mass is 422 g/mol. The molecule has 0 unspecified atom stereocenters. The quantitative estimate of drug-likeness (QED) is 0.703. The van der Waals surface area contributed by atoms with Crippen LogP contribution in [0, 0.1) is 0 Å². The highest BCUT2D eigenvalue weighted by Crippen LogP contribution is 2.36. The Hall–Kier alpha value is -2.94. The predicted octanol–water partition coefficient (Wildman–Crippen LogP) is 2.60. The highest BCUT2D eigenvalue weighted by molar-refractivity contribution is 7.92. The van der Waals surface area contributed by atoms with Crippen LogP contribution in [0.15, 0.2) is 36.4 Å². The topological polar surface area (TPSA) is 94.2 Å². The zero-order chi connectivity index (χ0) is 21.8. The lowest BCUT2D eigenvalue weighted by Crippen LogP contribution is -2.31. The maximum absolute atomic E-state index is 13.1. The first-order chi connectivity index (χ1) is 13.6. The summed E-state index contributed by atoms with van der Waals surface area (Å²) in [5.41, 5.74) is 1.11. The van der Waals surface area contributed by atoms with Crippen molar-refractivity contribution in [3.63, 3.8) is 0 Å². The number of nitrogens with zero attached hydrogens (tertiary/aromatic N) is 1. The molecule has 2 aromatic rings. The summed E-state index contributed by atoms with van der Waals surface area (Å²) >= 11 is 0. The first kappa shape index (κ1) is 22.4. The maximum Gasteiger partial charge on any atom is 0.254 e. The van der Waals surface area contributed by atoms with Crippen molar-refractivity contribution in [3.05, 3.63) is 47.5 Å². The maximum atomic E-state index is 13.1. The highest BCUT2D eigenvalue weighted by atomic mass is 32.2. The zero-order valence-electron chi connectivity index (χ0n) is 17.3. The van der Waals surface area contributed by atoms with Crippen molar-refractivity contribution >= 4 is 21.6 Å². The van der Waals surface area contributed by atoms with E-state index in [-0.39, 0.29) is 17.3 Å². The molecule has 1 N–H and O–H groups in total. The van der Waals surface area contributed by atoms with Gasteiger partial charge in [-0.1, -0.05) is 18.2 Å². The average molecular weight is 423 g/mol. The van der Waals surface area contributed by atoms with Gasteiger partial charge in [0, 0.05) is 18.7 Å². The number of anilines is 1. The van der Waals surface area contributed by atoms with Gasteiger partial charge in [-0.25, -0.2) is 8.42 Å². The van der Waals surface area contributed by atoms with E-state index in [0.717, 1.165) is 16.1 Å². The number of amides is 1. The number of ether oxygens (including phenoxy) is 3. The van der Waals surface area contributed by atoms with Crippen LogP contribution in [0.2, 0.25) is 0 Å². The van der Waals surface area contributed by atoms with Crippen molar-refractivity contribution < 1.29 is 27.4 Å². The van der Waals surface area contributed by atoms with E-state index < -0.39 is 15.9 Å². The van der Waals surface area contributed by atoms with Crippen molar-refractivity contribution in [2.24, 2.45) is 0 Å². The molecule has 0 saturated carbocycles. The number of hydrogen-bond acceptors (Lipinski definition) is 6. The van der Waals surface area contributed by atoms with Gasteiger partial charge < -0.3 is 19.5 Å². The molecule has 0 spiro atoms. The van der Waals surface area contributed by atoms with Crippen LogP contribution in [0.25, 0.3) is 0 Å². The molecule has 0 aromatic heterocycles. The molecule has 0 aliphatic rings. The molecule has 158 valence electrons. The van der Waals surface area contributed by atoms with Crippen LogP contribution >= 0.6 is 0 Å². The number of para-hydroxylation sites is 1. The number of carbonyl (C=O) groups excluding carboxylic acids is 1. The smallest absolute Gasteiger partial charge is 0.254 e. The van der Waals surface area contributed by atoms with Crippen molar-refractivity contribution in [2.75, 3.05) is 38.9 Å². The van der Waals surface area contributed by atoms with E-state index in [1.165, 1.54) is 33.4 Å². The minimum atomic E-state index is -3.61. The number of hydrogen-bond donors (Lipinski definition) is 1. The van der Waals surface area contributed by atoms with Crippen LogP contribution in [-0.4, -0.2) is 49.0 Å². The molecule has 0 radical (unpaired) electrons. The lowest BCUT2D eigenvalue weighted by atomic mass is 10.1. The van der Waals surface area contributed by atoms with Gasteiger partial charge in [0.05, 0.1) is 44.9 Å². The summed E-state index contributed by atoms with van der Waals surface area (Å²) in [6.45, 7) is 1.82. The number of benzene rings is 2. The van der Waals surface area contributed by atoms with Gasteiger partial charge >= 0.3 is 0 Å². The number of nitrogens with one attached hydrogen (secondary N) is 1. The van der Waals surface area contributed by atoms with Gasteiger partial charge in [0.15, 0.2) is 11.5 Å². The molecular formula is C20H26N2O6S. The molecule has 9 heteroatoms. The van der Waals surface area contributed by atoms with Crippen molar-refractivity contribution in [3.8, 4) is 17.2 Å². The lowest BCUT2D eigenvalue weighted by molar-refractivity contribution is 0.0940. The fourth-order valence-corrected chi connectivity index (χ4v) is 3.37. The molecule has 0 saturated heterocycles. The number of methoxy groups -OCH3 is 3. The average Bonchev–Trinajstić information content (AvgIpc) is 2.71. The van der Waals surface area contributed by atoms with E-state index in [1.54, 1.807) is 13.2 Å². The first-order valence-corrected chi connectivity index (χ1v) is 10.6. The highest BCUT2D eigenvalue weighted by Gasteiger charge is 2.25. The third kappa shape index (κ3) is 4.92. The summed E-state index contributed by atoms with van der Waals surface area (Å²) < 4.78 is 41.1. The van der Waals surface area contributed by atoms with Crippen molar-refractivity contribution in [1.82, 2.24) is 5.32 Å². The molecule has 8 nitrogen and oxygen atoms in total. The van der Waals surface area contributed by atoms with E-state index in [2.05, 4.69) is 5.32 Å². The third-order valence-corrected chi connectivity index (χ3v) is 5.73. The van der Waals surface area contributed by atoms with Gasteiger partial charge in [-0.2, -0.15) is 0 Å². The van der Waals surface area contributed by atoms with Gasteiger partial charge in [0.25, 0.3) is 5.91 Å². The number of sulfonamides is 1. The minimum absolute atomic E-state index is 0.136. The number of carbonyl (C=O) groups is 1. The van der Waals surface area contributed by atoms with Crippen LogP contribution in [-0.2, 0) is 10.0 Å². The second-order valence-corrected chi connectivity index (χ2v) is 8.41. The van der Waals surface area contributed by atoms with Crippen LogP contribution in [0.4, 0.5) is 5.69 Å². The Morgan fingerprint density at radius 2 is 1.55 bits per heavy atom.